The van der Waals surface area contributed by atoms with E-state index < -0.39 is 0 Å². The summed E-state index contributed by atoms with van der Waals surface area (Å²) in [7, 11) is 0. The molecule has 0 aliphatic heterocycles. The van der Waals surface area contributed by atoms with Crippen LogP contribution in [0.15, 0.2) is 36.4 Å². The van der Waals surface area contributed by atoms with Gasteiger partial charge in [-0.1, -0.05) is 30.3 Å². The van der Waals surface area contributed by atoms with Crippen molar-refractivity contribution < 1.29 is 1.37 Å². The van der Waals surface area contributed by atoms with Crippen LogP contribution in [0.1, 0.15) is 7.06 Å². The number of aromatic nitrogens is 2. The zero-order valence-corrected chi connectivity index (χ0v) is 8.42. The molecule has 2 rings (SSSR count). The van der Waals surface area contributed by atoms with E-state index in [2.05, 4.69) is 9.97 Å². The summed E-state index contributed by atoms with van der Waals surface area (Å²) < 4.78 is 7.85. The Labute approximate surface area is 89.0 Å². The Morgan fingerprint density at radius 2 is 1.93 bits per heavy atom. The molecule has 0 atom stereocenters. The average Bonchev–Trinajstić information content (AvgIpc) is 2.24. The fourth-order valence-electron chi connectivity index (χ4n) is 1.22. The van der Waals surface area contributed by atoms with Gasteiger partial charge in [-0.3, -0.25) is 0 Å². The van der Waals surface area contributed by atoms with Gasteiger partial charge in [0.15, 0.2) is 0 Å². The van der Waals surface area contributed by atoms with Crippen LogP contribution in [-0.4, -0.2) is 9.97 Å². The number of halogens is 1. The van der Waals surface area contributed by atoms with Gasteiger partial charge in [-0.15, -0.1) is 0 Å². The molecule has 0 saturated carbocycles. The quantitative estimate of drug-likeness (QED) is 0.669. The van der Waals surface area contributed by atoms with Gasteiger partial charge in [0.25, 0.3) is 0 Å². The summed E-state index contributed by atoms with van der Waals surface area (Å²) >= 11 is 5.77. The number of nitrogens with zero attached hydrogens (tertiary/aromatic N) is 2. The highest BCUT2D eigenvalue weighted by Gasteiger charge is 2.01. The minimum Gasteiger partial charge on any atom is -0.223 e. The molecule has 1 aromatic carbocycles. The van der Waals surface area contributed by atoms with Gasteiger partial charge in [0, 0.05) is 11.3 Å². The maximum Gasteiger partial charge on any atom is 0.223 e. The van der Waals surface area contributed by atoms with Crippen molar-refractivity contribution in [1.29, 1.82) is 0 Å². The molecule has 2 nitrogen and oxygen atoms in total. The molecule has 14 heavy (non-hydrogen) atoms. The highest BCUT2D eigenvalue weighted by molar-refractivity contribution is 6.28. The summed E-state index contributed by atoms with van der Waals surface area (Å²) in [4.78, 5) is 8.00. The normalized spacial score (nSPS) is 11.1. The Morgan fingerprint density at radius 3 is 2.64 bits per heavy atom. The number of hydrogen-bond donors (Lipinski definition) is 0. The van der Waals surface area contributed by atoms with Crippen LogP contribution in [0.4, 0.5) is 0 Å². The van der Waals surface area contributed by atoms with Crippen molar-refractivity contribution in [3.63, 3.8) is 0 Å². The van der Waals surface area contributed by atoms with E-state index in [1.807, 2.05) is 30.3 Å². The van der Waals surface area contributed by atoms with Crippen LogP contribution in [0.5, 0.6) is 0 Å². The van der Waals surface area contributed by atoms with Crippen LogP contribution in [0, 0.1) is 6.92 Å². The topological polar surface area (TPSA) is 25.8 Å². The second-order valence-electron chi connectivity index (χ2n) is 2.92. The predicted octanol–water partition coefficient (Wildman–Crippen LogP) is 3.11. The third-order valence-electron chi connectivity index (χ3n) is 1.81. The Balaban J connectivity index is 2.63. The summed E-state index contributed by atoms with van der Waals surface area (Å²) in [6.07, 6.45) is 0. The van der Waals surface area contributed by atoms with E-state index in [1.54, 1.807) is 6.92 Å². The van der Waals surface area contributed by atoms with Crippen molar-refractivity contribution in [2.75, 3.05) is 0 Å². The molecule has 1 heterocycles. The van der Waals surface area contributed by atoms with E-state index in [1.165, 1.54) is 0 Å². The highest BCUT2D eigenvalue weighted by atomic mass is 35.5. The molecule has 70 valence electrons. The van der Waals surface area contributed by atoms with Gasteiger partial charge in [0.2, 0.25) is 5.28 Å². The monoisotopic (exact) mass is 205 g/mol. The standard InChI is InChI=1S/C11H9ClN2/c1-8-7-10(14-11(12)13-8)9-5-3-2-4-6-9/h2-7H,1H3/i7D. The van der Waals surface area contributed by atoms with Gasteiger partial charge in [-0.25, -0.2) is 9.97 Å². The largest absolute Gasteiger partial charge is 0.223 e. The third-order valence-corrected chi connectivity index (χ3v) is 1.98. The van der Waals surface area contributed by atoms with Crippen LogP contribution in [0.25, 0.3) is 11.3 Å². The SMILES string of the molecule is [2H]c1c(C)nc(Cl)nc1-c1ccccc1. The van der Waals surface area contributed by atoms with Crippen molar-refractivity contribution >= 4 is 11.6 Å². The lowest BCUT2D eigenvalue weighted by molar-refractivity contribution is 1.11. The van der Waals surface area contributed by atoms with E-state index in [0.717, 1.165) is 5.56 Å². The minimum absolute atomic E-state index is 0.183. The molecular weight excluding hydrogens is 196 g/mol. The first-order valence-corrected chi connectivity index (χ1v) is 4.62. The number of hydrogen-bond acceptors (Lipinski definition) is 2. The zero-order chi connectivity index (χ0) is 10.8. The van der Waals surface area contributed by atoms with Gasteiger partial charge < -0.3 is 0 Å². The fraction of sp³-hybridized carbons (Fsp3) is 0.0909. The summed E-state index contributed by atoms with van der Waals surface area (Å²) in [6.45, 7) is 1.75. The van der Waals surface area contributed by atoms with Crippen LogP contribution >= 0.6 is 11.6 Å². The molecule has 3 heteroatoms. The molecule has 0 amide bonds. The van der Waals surface area contributed by atoms with Crippen molar-refractivity contribution in [1.82, 2.24) is 9.97 Å². The predicted molar refractivity (Wildman–Crippen MR) is 57.2 cm³/mol. The molecule has 0 aliphatic rings. The lowest BCUT2D eigenvalue weighted by Crippen LogP contribution is -1.90. The van der Waals surface area contributed by atoms with E-state index >= 15 is 0 Å². The molecule has 1 aromatic heterocycles. The summed E-state index contributed by atoms with van der Waals surface area (Å²) in [6, 6.07) is 9.85. The van der Waals surface area contributed by atoms with Gasteiger partial charge in [0.1, 0.15) is 0 Å². The smallest absolute Gasteiger partial charge is 0.223 e. The summed E-state index contributed by atoms with van der Waals surface area (Å²) in [5.74, 6) is 0. The zero-order valence-electron chi connectivity index (χ0n) is 8.66. The molecule has 0 saturated heterocycles. The van der Waals surface area contributed by atoms with E-state index in [0.29, 0.717) is 17.4 Å². The van der Waals surface area contributed by atoms with E-state index in [4.69, 9.17) is 13.0 Å². The highest BCUT2D eigenvalue weighted by Crippen LogP contribution is 2.18. The van der Waals surface area contributed by atoms with Crippen LogP contribution < -0.4 is 0 Å². The van der Waals surface area contributed by atoms with Crippen molar-refractivity contribution in [2.24, 2.45) is 0 Å². The summed E-state index contributed by atoms with van der Waals surface area (Å²) in [5.41, 5.74) is 2.05. The Morgan fingerprint density at radius 1 is 1.21 bits per heavy atom. The van der Waals surface area contributed by atoms with Crippen LogP contribution in [-0.2, 0) is 0 Å². The number of rotatable bonds is 1. The Bertz CT molecular complexity index is 485. The lowest BCUT2D eigenvalue weighted by atomic mass is 10.1. The summed E-state index contributed by atoms with van der Waals surface area (Å²) in [5, 5.41) is 0.183. The Kier molecular flexibility index (Phi) is 2.13. The maximum absolute atomic E-state index is 7.85. The lowest BCUT2D eigenvalue weighted by Gasteiger charge is -2.01. The minimum atomic E-state index is 0.183. The first-order valence-electron chi connectivity index (χ1n) is 4.74. The molecular formula is C11H9ClN2. The molecule has 0 bridgehead atoms. The van der Waals surface area contributed by atoms with Crippen LogP contribution in [0.3, 0.4) is 0 Å². The molecule has 0 spiro atoms. The van der Waals surface area contributed by atoms with Gasteiger partial charge in [-0.2, -0.15) is 0 Å². The third kappa shape index (κ3) is 1.91. The number of benzene rings is 1. The molecule has 2 aromatic rings. The van der Waals surface area contributed by atoms with E-state index in [-0.39, 0.29) is 5.28 Å². The van der Waals surface area contributed by atoms with Crippen molar-refractivity contribution in [3.05, 3.63) is 47.4 Å². The second-order valence-corrected chi connectivity index (χ2v) is 3.26. The molecule has 0 aliphatic carbocycles. The van der Waals surface area contributed by atoms with Crippen molar-refractivity contribution in [3.8, 4) is 11.3 Å². The molecule has 0 N–H and O–H groups in total. The molecule has 0 fully saturated rings. The van der Waals surface area contributed by atoms with Crippen molar-refractivity contribution in [2.45, 2.75) is 6.92 Å². The van der Waals surface area contributed by atoms with Gasteiger partial charge >= 0.3 is 0 Å². The first kappa shape index (κ1) is 7.94. The van der Waals surface area contributed by atoms with E-state index in [9.17, 15) is 0 Å². The van der Waals surface area contributed by atoms with Crippen LogP contribution in [0.2, 0.25) is 5.28 Å². The molecule has 0 radical (unpaired) electrons. The fourth-order valence-corrected chi connectivity index (χ4v) is 1.43. The number of aryl methyl sites for hydroxylation is 1. The average molecular weight is 206 g/mol. The first-order chi connectivity index (χ1) is 7.18. The van der Waals surface area contributed by atoms with Gasteiger partial charge in [-0.05, 0) is 24.6 Å². The maximum atomic E-state index is 7.85. The second kappa shape index (κ2) is 3.76. The van der Waals surface area contributed by atoms with Gasteiger partial charge in [0.05, 0.1) is 7.06 Å². The Hall–Kier alpha value is -1.41. The molecule has 0 unspecified atom stereocenters.